The number of nitrogen functional groups attached to an aromatic ring is 1. The van der Waals surface area contributed by atoms with Crippen LogP contribution in [0.25, 0.3) is 10.8 Å². The maximum absolute atomic E-state index is 5.61. The number of anilines is 1. The molecular weight excluding hydrogens is 214 g/mol. The third-order valence-electron chi connectivity index (χ3n) is 1.74. The number of hydrogen-bond acceptors (Lipinski definition) is 6. The van der Waals surface area contributed by atoms with Crippen LogP contribution in [0.1, 0.15) is 12.7 Å². The molecule has 0 amide bonds. The molecule has 0 fully saturated rings. The average Bonchev–Trinajstić information content (AvgIpc) is 2.83. The van der Waals surface area contributed by atoms with Crippen LogP contribution in [0.2, 0.25) is 0 Å². The van der Waals surface area contributed by atoms with Crippen LogP contribution < -0.4 is 5.73 Å². The van der Waals surface area contributed by atoms with E-state index < -0.39 is 0 Å². The summed E-state index contributed by atoms with van der Waals surface area (Å²) in [4.78, 5) is 5.06. The minimum Gasteiger partial charge on any atom is -0.391 e. The average molecular weight is 225 g/mol. The molecule has 0 saturated heterocycles. The molecule has 0 unspecified atom stereocenters. The van der Waals surface area contributed by atoms with Crippen molar-refractivity contribution in [1.29, 1.82) is 0 Å². The standard InChI is InChI=1S/C9H11N3O2S/c1-2-13-5-8-11-9(14-12-8)6-3-4-7(10)15-6/h3-4H,2,5,10H2,1H3. The molecule has 80 valence electrons. The third kappa shape index (κ3) is 2.34. The maximum Gasteiger partial charge on any atom is 0.268 e. The Hall–Kier alpha value is -1.40. The van der Waals surface area contributed by atoms with E-state index in [1.54, 1.807) is 0 Å². The molecule has 0 spiro atoms. The number of ether oxygens (including phenoxy) is 1. The van der Waals surface area contributed by atoms with E-state index in [0.29, 0.717) is 24.9 Å². The fraction of sp³-hybridized carbons (Fsp3) is 0.333. The Bertz CT molecular complexity index is 438. The highest BCUT2D eigenvalue weighted by Gasteiger charge is 2.10. The lowest BCUT2D eigenvalue weighted by atomic mass is 10.4. The predicted molar refractivity (Wildman–Crippen MR) is 57.4 cm³/mol. The first-order chi connectivity index (χ1) is 7.29. The zero-order chi connectivity index (χ0) is 10.7. The van der Waals surface area contributed by atoms with E-state index in [-0.39, 0.29) is 0 Å². The van der Waals surface area contributed by atoms with Crippen LogP contribution in [0, 0.1) is 0 Å². The smallest absolute Gasteiger partial charge is 0.268 e. The van der Waals surface area contributed by atoms with Crippen molar-refractivity contribution in [1.82, 2.24) is 10.1 Å². The van der Waals surface area contributed by atoms with Crippen molar-refractivity contribution in [3.05, 3.63) is 18.0 Å². The van der Waals surface area contributed by atoms with Gasteiger partial charge in [-0.1, -0.05) is 5.16 Å². The van der Waals surface area contributed by atoms with Gasteiger partial charge >= 0.3 is 0 Å². The number of hydrogen-bond donors (Lipinski definition) is 1. The van der Waals surface area contributed by atoms with Crippen LogP contribution in [0.4, 0.5) is 5.00 Å². The van der Waals surface area contributed by atoms with E-state index in [1.165, 1.54) is 11.3 Å². The second kappa shape index (κ2) is 4.41. The molecule has 15 heavy (non-hydrogen) atoms. The van der Waals surface area contributed by atoms with E-state index in [9.17, 15) is 0 Å². The molecule has 0 saturated carbocycles. The summed E-state index contributed by atoms with van der Waals surface area (Å²) in [6, 6.07) is 3.67. The van der Waals surface area contributed by atoms with E-state index in [0.717, 1.165) is 9.88 Å². The van der Waals surface area contributed by atoms with E-state index in [2.05, 4.69) is 10.1 Å². The molecule has 0 radical (unpaired) electrons. The van der Waals surface area contributed by atoms with Crippen molar-refractivity contribution in [2.45, 2.75) is 13.5 Å². The molecule has 2 aromatic rings. The lowest BCUT2D eigenvalue weighted by Crippen LogP contribution is -1.93. The third-order valence-corrected chi connectivity index (χ3v) is 2.64. The summed E-state index contributed by atoms with van der Waals surface area (Å²) in [6.45, 7) is 2.93. The molecular formula is C9H11N3O2S. The van der Waals surface area contributed by atoms with E-state index >= 15 is 0 Å². The highest BCUT2D eigenvalue weighted by Crippen LogP contribution is 2.27. The van der Waals surface area contributed by atoms with Crippen LogP contribution in [0.15, 0.2) is 16.7 Å². The Balaban J connectivity index is 2.13. The fourth-order valence-corrected chi connectivity index (χ4v) is 1.77. The van der Waals surface area contributed by atoms with Crippen molar-refractivity contribution in [3.63, 3.8) is 0 Å². The molecule has 0 aromatic carbocycles. The van der Waals surface area contributed by atoms with Crippen LogP contribution in [-0.4, -0.2) is 16.7 Å². The summed E-state index contributed by atoms with van der Waals surface area (Å²) in [6.07, 6.45) is 0. The molecule has 2 aromatic heterocycles. The quantitative estimate of drug-likeness (QED) is 0.860. The minimum absolute atomic E-state index is 0.376. The topological polar surface area (TPSA) is 74.2 Å². The fourth-order valence-electron chi connectivity index (χ4n) is 1.07. The van der Waals surface area contributed by atoms with Gasteiger partial charge < -0.3 is 15.0 Å². The number of rotatable bonds is 4. The van der Waals surface area contributed by atoms with Gasteiger partial charge in [0.05, 0.1) is 9.88 Å². The zero-order valence-electron chi connectivity index (χ0n) is 8.27. The van der Waals surface area contributed by atoms with Crippen LogP contribution >= 0.6 is 11.3 Å². The lowest BCUT2D eigenvalue weighted by Gasteiger charge is -1.91. The van der Waals surface area contributed by atoms with Gasteiger partial charge in [0, 0.05) is 6.61 Å². The maximum atomic E-state index is 5.61. The Morgan fingerprint density at radius 2 is 2.40 bits per heavy atom. The van der Waals surface area contributed by atoms with Gasteiger partial charge in [-0.25, -0.2) is 0 Å². The molecule has 0 bridgehead atoms. The number of nitrogens with zero attached hydrogens (tertiary/aromatic N) is 2. The summed E-state index contributed by atoms with van der Waals surface area (Å²) in [5, 5.41) is 4.53. The van der Waals surface area contributed by atoms with Gasteiger partial charge in [0.1, 0.15) is 6.61 Å². The van der Waals surface area contributed by atoms with Gasteiger partial charge in [0.25, 0.3) is 5.89 Å². The van der Waals surface area contributed by atoms with Crippen molar-refractivity contribution < 1.29 is 9.26 Å². The lowest BCUT2D eigenvalue weighted by molar-refractivity contribution is 0.126. The van der Waals surface area contributed by atoms with Crippen molar-refractivity contribution in [2.24, 2.45) is 0 Å². The first-order valence-corrected chi connectivity index (χ1v) is 5.37. The molecule has 5 nitrogen and oxygen atoms in total. The molecule has 0 aliphatic rings. The first-order valence-electron chi connectivity index (χ1n) is 4.55. The van der Waals surface area contributed by atoms with Gasteiger partial charge in [0.15, 0.2) is 5.82 Å². The van der Waals surface area contributed by atoms with Crippen LogP contribution in [-0.2, 0) is 11.3 Å². The molecule has 2 N–H and O–H groups in total. The van der Waals surface area contributed by atoms with Gasteiger partial charge in [-0.15, -0.1) is 11.3 Å². The summed E-state index contributed by atoms with van der Waals surface area (Å²) in [5.74, 6) is 1.05. The van der Waals surface area contributed by atoms with Crippen molar-refractivity contribution in [3.8, 4) is 10.8 Å². The number of thiophene rings is 1. The molecule has 0 aliphatic heterocycles. The Morgan fingerprint density at radius 1 is 1.53 bits per heavy atom. The van der Waals surface area contributed by atoms with Crippen LogP contribution in [0.5, 0.6) is 0 Å². The Labute approximate surface area is 90.9 Å². The van der Waals surface area contributed by atoms with Gasteiger partial charge in [-0.2, -0.15) is 4.98 Å². The zero-order valence-corrected chi connectivity index (χ0v) is 9.08. The monoisotopic (exact) mass is 225 g/mol. The second-order valence-electron chi connectivity index (χ2n) is 2.85. The molecule has 2 rings (SSSR count). The van der Waals surface area contributed by atoms with E-state index in [4.69, 9.17) is 15.0 Å². The van der Waals surface area contributed by atoms with Gasteiger partial charge in [-0.05, 0) is 19.1 Å². The molecule has 2 heterocycles. The molecule has 6 heteroatoms. The molecule has 0 aliphatic carbocycles. The highest BCUT2D eigenvalue weighted by atomic mass is 32.1. The van der Waals surface area contributed by atoms with Crippen LogP contribution in [0.3, 0.4) is 0 Å². The van der Waals surface area contributed by atoms with E-state index in [1.807, 2.05) is 19.1 Å². The summed E-state index contributed by atoms with van der Waals surface area (Å²) in [5.41, 5.74) is 5.61. The Kier molecular flexibility index (Phi) is 2.98. The Morgan fingerprint density at radius 3 is 3.07 bits per heavy atom. The molecule has 0 atom stereocenters. The highest BCUT2D eigenvalue weighted by molar-refractivity contribution is 7.19. The van der Waals surface area contributed by atoms with Gasteiger partial charge in [-0.3, -0.25) is 0 Å². The summed E-state index contributed by atoms with van der Waals surface area (Å²) in [7, 11) is 0. The SMILES string of the molecule is CCOCc1noc(-c2ccc(N)s2)n1. The van der Waals surface area contributed by atoms with Gasteiger partial charge in [0.2, 0.25) is 0 Å². The summed E-state index contributed by atoms with van der Waals surface area (Å²) < 4.78 is 10.2. The predicted octanol–water partition coefficient (Wildman–Crippen LogP) is 1.92. The second-order valence-corrected chi connectivity index (χ2v) is 3.97. The first kappa shape index (κ1) is 10.1. The normalized spacial score (nSPS) is 10.7. The number of nitrogens with two attached hydrogens (primary N) is 1. The van der Waals surface area contributed by atoms with Crippen molar-refractivity contribution >= 4 is 16.3 Å². The number of aromatic nitrogens is 2. The summed E-state index contributed by atoms with van der Waals surface area (Å²) >= 11 is 1.42. The van der Waals surface area contributed by atoms with Crippen molar-refractivity contribution in [2.75, 3.05) is 12.3 Å². The minimum atomic E-state index is 0.376. The largest absolute Gasteiger partial charge is 0.391 e.